The first-order valence-electron chi connectivity index (χ1n) is 8.54. The van der Waals surface area contributed by atoms with Crippen LogP contribution in [0.25, 0.3) is 0 Å². The first kappa shape index (κ1) is 17.0. The smallest absolute Gasteiger partial charge is 0.0636 e. The zero-order valence-corrected chi connectivity index (χ0v) is 19.4. The lowest BCUT2D eigenvalue weighted by atomic mass is 10.1. The van der Waals surface area contributed by atoms with E-state index in [0.29, 0.717) is 0 Å². The average molecular weight is 341 g/mol. The minimum Gasteiger partial charge on any atom is -0.0886 e. The van der Waals surface area contributed by atoms with Crippen molar-refractivity contribution in [1.82, 2.24) is 0 Å². The molecule has 2 unspecified atom stereocenters. The number of rotatable bonds is 4. The number of fused-ring (bicyclic) bond motifs is 2. The van der Waals surface area contributed by atoms with Gasteiger partial charge in [0, 0.05) is 22.8 Å². The monoisotopic (exact) mass is 340 g/mol. The third-order valence-corrected chi connectivity index (χ3v) is 77.7. The maximum Gasteiger partial charge on any atom is 0.0636 e. The maximum absolute atomic E-state index is 2.86. The highest BCUT2D eigenvalue weighted by Gasteiger charge is 2.65. The van der Waals surface area contributed by atoms with Gasteiger partial charge in [0.05, 0.1) is 6.63 Å². The van der Waals surface area contributed by atoms with E-state index in [2.05, 4.69) is 70.2 Å². The Morgan fingerprint density at radius 3 is 1.45 bits per heavy atom. The minimum atomic E-state index is -1.24. The Balaban J connectivity index is 2.70. The Kier molecular flexibility index (Phi) is 4.07. The van der Waals surface area contributed by atoms with Crippen LogP contribution in [0.4, 0.5) is 0 Å². The van der Waals surface area contributed by atoms with E-state index in [-0.39, 0.29) is 0 Å². The molecule has 0 radical (unpaired) electrons. The van der Waals surface area contributed by atoms with E-state index in [1.807, 2.05) is 0 Å². The molecule has 2 rings (SSSR count). The molecular weight excluding hydrogens is 305 g/mol. The highest BCUT2D eigenvalue weighted by Crippen LogP contribution is 2.53. The molecule has 0 spiro atoms. The summed E-state index contributed by atoms with van der Waals surface area (Å²) in [6, 6.07) is 0. The molecule has 0 aliphatic heterocycles. The van der Waals surface area contributed by atoms with Crippen LogP contribution >= 0.6 is 0 Å². The molecule has 1 saturated carbocycles. The summed E-state index contributed by atoms with van der Waals surface area (Å²) in [5, 5.41) is 2.13. The second-order valence-electron chi connectivity index (χ2n) is 10.4. The Labute approximate surface area is 130 Å². The molecule has 116 valence electrons. The molecule has 0 N–H and O–H groups in total. The highest BCUT2D eigenvalue weighted by atomic mass is 29.9. The van der Waals surface area contributed by atoms with E-state index < -0.39 is 29.4 Å². The molecule has 0 amide bonds. The SMILES string of the molecule is C[Si](C)(C)[Si](C1=CC2CCC1C2)([Si](C)(C)C)[Si](C)(C)C. The molecule has 0 nitrogen and oxygen atoms in total. The van der Waals surface area contributed by atoms with Crippen LogP contribution < -0.4 is 0 Å². The van der Waals surface area contributed by atoms with Gasteiger partial charge in [-0.15, -0.1) is 0 Å². The van der Waals surface area contributed by atoms with E-state index in [1.165, 1.54) is 19.3 Å². The summed E-state index contributed by atoms with van der Waals surface area (Å²) in [6.07, 6.45) is 7.42. The van der Waals surface area contributed by atoms with Crippen molar-refractivity contribution in [2.75, 3.05) is 0 Å². The number of hydrogen-bond donors (Lipinski definition) is 0. The molecule has 20 heavy (non-hydrogen) atoms. The lowest BCUT2D eigenvalue weighted by molar-refractivity contribution is 0.681. The van der Waals surface area contributed by atoms with Crippen LogP contribution in [0.15, 0.2) is 11.3 Å². The Hall–Kier alpha value is 0.608. The van der Waals surface area contributed by atoms with Crippen molar-refractivity contribution in [1.29, 1.82) is 0 Å². The molecule has 2 bridgehead atoms. The lowest BCUT2D eigenvalue weighted by Gasteiger charge is -2.59. The molecule has 1 fully saturated rings. The number of allylic oxidation sites excluding steroid dienone is 2. The Morgan fingerprint density at radius 2 is 1.20 bits per heavy atom. The van der Waals surface area contributed by atoms with Crippen molar-refractivity contribution in [3.8, 4) is 0 Å². The van der Waals surface area contributed by atoms with Crippen molar-refractivity contribution in [3.05, 3.63) is 11.3 Å². The van der Waals surface area contributed by atoms with Crippen LogP contribution in [-0.4, -0.2) is 29.4 Å². The van der Waals surface area contributed by atoms with Gasteiger partial charge in [-0.25, -0.2) is 0 Å². The summed E-state index contributed by atoms with van der Waals surface area (Å²) < 4.78 is 0. The standard InChI is InChI=1S/C16H36Si4/c1-17(2,3)20(18(4,5)6,19(7,8)9)16-13-14-10-11-15(16)12-14/h13-15H,10-12H2,1-9H3. The van der Waals surface area contributed by atoms with Crippen LogP contribution in [0.2, 0.25) is 58.9 Å². The van der Waals surface area contributed by atoms with E-state index in [1.54, 1.807) is 0 Å². The molecule has 2 aliphatic rings. The third kappa shape index (κ3) is 2.25. The van der Waals surface area contributed by atoms with Gasteiger partial charge >= 0.3 is 0 Å². The maximum atomic E-state index is 2.86. The molecule has 2 aliphatic carbocycles. The Morgan fingerprint density at radius 1 is 0.750 bits per heavy atom. The first-order chi connectivity index (χ1) is 8.82. The predicted molar refractivity (Wildman–Crippen MR) is 105 cm³/mol. The summed E-state index contributed by atoms with van der Waals surface area (Å²) in [6.45, 7) is 23.4. The van der Waals surface area contributed by atoms with E-state index in [9.17, 15) is 0 Å². The number of hydrogen-bond acceptors (Lipinski definition) is 0. The van der Waals surface area contributed by atoms with Crippen molar-refractivity contribution in [2.24, 2.45) is 11.8 Å². The second kappa shape index (κ2) is 4.80. The second-order valence-corrected chi connectivity index (χ2v) is 50.7. The largest absolute Gasteiger partial charge is 0.0886 e. The van der Waals surface area contributed by atoms with Crippen LogP contribution in [0.3, 0.4) is 0 Å². The van der Waals surface area contributed by atoms with Crippen LogP contribution in [-0.2, 0) is 0 Å². The molecule has 0 heterocycles. The van der Waals surface area contributed by atoms with Crippen LogP contribution in [0.1, 0.15) is 19.3 Å². The van der Waals surface area contributed by atoms with Gasteiger partial charge in [-0.3, -0.25) is 0 Å². The van der Waals surface area contributed by atoms with Gasteiger partial charge in [-0.05, 0) is 31.1 Å². The fraction of sp³-hybridized carbons (Fsp3) is 0.875. The quantitative estimate of drug-likeness (QED) is 0.586. The summed E-state index contributed by atoms with van der Waals surface area (Å²) in [7, 11) is -3.35. The van der Waals surface area contributed by atoms with Crippen LogP contribution in [0.5, 0.6) is 0 Å². The average Bonchev–Trinajstić information content (AvgIpc) is 2.71. The first-order valence-corrected chi connectivity index (χ1v) is 24.0. The normalized spacial score (nSPS) is 27.9. The third-order valence-electron chi connectivity index (χ3n) is 6.14. The van der Waals surface area contributed by atoms with Gasteiger partial charge in [0.25, 0.3) is 0 Å². The van der Waals surface area contributed by atoms with Crippen molar-refractivity contribution in [3.63, 3.8) is 0 Å². The van der Waals surface area contributed by atoms with Gasteiger partial charge in [0.1, 0.15) is 0 Å². The summed E-state index contributed by atoms with van der Waals surface area (Å²) >= 11 is 0. The fourth-order valence-electron chi connectivity index (χ4n) is 6.95. The lowest BCUT2D eigenvalue weighted by Crippen LogP contribution is -2.84. The van der Waals surface area contributed by atoms with Gasteiger partial charge < -0.3 is 0 Å². The van der Waals surface area contributed by atoms with E-state index in [4.69, 9.17) is 0 Å². The zero-order chi connectivity index (χ0) is 15.6. The summed E-state index contributed by atoms with van der Waals surface area (Å²) in [5.74, 6) is 2.00. The van der Waals surface area contributed by atoms with Gasteiger partial charge in [-0.1, -0.05) is 70.2 Å². The Bertz CT molecular complexity index is 381. The molecular formula is C16H36Si4. The highest BCUT2D eigenvalue weighted by molar-refractivity contribution is 7.91. The van der Waals surface area contributed by atoms with Crippen LogP contribution in [0, 0.1) is 11.8 Å². The minimum absolute atomic E-state index is 0.978. The predicted octanol–water partition coefficient (Wildman–Crippen LogP) is 5.58. The fourth-order valence-corrected chi connectivity index (χ4v) is 109. The van der Waals surface area contributed by atoms with Crippen molar-refractivity contribution >= 4 is 29.4 Å². The molecule has 0 aromatic heterocycles. The van der Waals surface area contributed by atoms with E-state index in [0.717, 1.165) is 11.8 Å². The van der Waals surface area contributed by atoms with Gasteiger partial charge in [-0.2, -0.15) is 0 Å². The summed E-state index contributed by atoms with van der Waals surface area (Å²) in [5.41, 5.74) is 0. The van der Waals surface area contributed by atoms with Gasteiger partial charge in [0.2, 0.25) is 0 Å². The molecule has 0 aromatic carbocycles. The van der Waals surface area contributed by atoms with E-state index >= 15 is 0 Å². The van der Waals surface area contributed by atoms with Crippen molar-refractivity contribution in [2.45, 2.75) is 78.2 Å². The molecule has 2 atom stereocenters. The van der Waals surface area contributed by atoms with Crippen molar-refractivity contribution < 1.29 is 0 Å². The molecule has 0 aromatic rings. The summed E-state index contributed by atoms with van der Waals surface area (Å²) in [4.78, 5) is 0. The van der Waals surface area contributed by atoms with Gasteiger partial charge in [0.15, 0.2) is 0 Å². The molecule has 0 saturated heterocycles. The zero-order valence-electron chi connectivity index (χ0n) is 15.4. The molecule has 4 heteroatoms. The topological polar surface area (TPSA) is 0 Å².